The lowest BCUT2D eigenvalue weighted by molar-refractivity contribution is -0.138. The summed E-state index contributed by atoms with van der Waals surface area (Å²) in [4.78, 5) is 10.8. The average molecular weight is 248 g/mol. The van der Waals surface area contributed by atoms with Crippen molar-refractivity contribution >= 4 is 5.97 Å². The van der Waals surface area contributed by atoms with E-state index in [1.807, 2.05) is 6.92 Å². The first-order valence-electron chi connectivity index (χ1n) is 5.49. The second-order valence-electron chi connectivity index (χ2n) is 3.74. The van der Waals surface area contributed by atoms with Gasteiger partial charge in [0.05, 0.1) is 24.9 Å². The molecule has 0 radical (unpaired) electrons. The van der Waals surface area contributed by atoms with Crippen LogP contribution in [0.3, 0.4) is 0 Å². The van der Waals surface area contributed by atoms with Gasteiger partial charge < -0.3 is 5.11 Å². The third-order valence-electron chi connectivity index (χ3n) is 2.56. The van der Waals surface area contributed by atoms with Gasteiger partial charge in [0.1, 0.15) is 0 Å². The monoisotopic (exact) mass is 248 g/mol. The normalized spacial score (nSPS) is 12.3. The molecule has 1 atom stereocenters. The van der Waals surface area contributed by atoms with Gasteiger partial charge in [-0.2, -0.15) is 10.2 Å². The molecule has 1 N–H and O–H groups in total. The topological polar surface area (TPSA) is 107 Å². The first-order valence-corrected chi connectivity index (χ1v) is 5.49. The fraction of sp³-hybridized carbons (Fsp3) is 0.400. The summed E-state index contributed by atoms with van der Waals surface area (Å²) < 4.78 is 1.52. The number of aromatic nitrogens is 6. The Morgan fingerprint density at radius 1 is 1.50 bits per heavy atom. The van der Waals surface area contributed by atoms with Crippen LogP contribution in [0.5, 0.6) is 0 Å². The molecule has 8 heteroatoms. The summed E-state index contributed by atoms with van der Waals surface area (Å²) in [6.07, 6.45) is 3.68. The van der Waals surface area contributed by atoms with Crippen molar-refractivity contribution in [2.24, 2.45) is 0 Å². The fourth-order valence-corrected chi connectivity index (χ4v) is 1.66. The molecule has 0 spiro atoms. The van der Waals surface area contributed by atoms with Crippen LogP contribution in [0.25, 0.3) is 11.4 Å². The lowest BCUT2D eigenvalue weighted by Gasteiger charge is -2.13. The summed E-state index contributed by atoms with van der Waals surface area (Å²) in [7, 11) is 0. The minimum absolute atomic E-state index is 0.0208. The molecule has 94 valence electrons. The van der Waals surface area contributed by atoms with Gasteiger partial charge in [-0.15, -0.1) is 5.10 Å². The molecule has 0 aliphatic heterocycles. The van der Waals surface area contributed by atoms with Gasteiger partial charge >= 0.3 is 5.97 Å². The first kappa shape index (κ1) is 12.1. The zero-order chi connectivity index (χ0) is 13.0. The Morgan fingerprint density at radius 2 is 2.33 bits per heavy atom. The highest BCUT2D eigenvalue weighted by Gasteiger charge is 2.19. The standard InChI is InChI=1S/C10H12N6O2/c1-2-8(5-9(17)18)16-10(13-14-15-16)7-3-4-11-12-6-7/h3-4,6,8H,2,5H2,1H3,(H,17,18). The third kappa shape index (κ3) is 2.47. The van der Waals surface area contributed by atoms with Crippen molar-refractivity contribution in [2.45, 2.75) is 25.8 Å². The molecule has 8 nitrogen and oxygen atoms in total. The first-order chi connectivity index (χ1) is 8.72. The minimum atomic E-state index is -0.879. The Kier molecular flexibility index (Phi) is 3.56. The molecule has 0 amide bonds. The number of carboxylic acid groups (broad SMARTS) is 1. The van der Waals surface area contributed by atoms with Crippen LogP contribution in [0.1, 0.15) is 25.8 Å². The molecular weight excluding hydrogens is 236 g/mol. The van der Waals surface area contributed by atoms with Crippen LogP contribution in [0, 0.1) is 0 Å². The number of hydrogen-bond acceptors (Lipinski definition) is 6. The van der Waals surface area contributed by atoms with Crippen LogP contribution < -0.4 is 0 Å². The van der Waals surface area contributed by atoms with Crippen LogP contribution in [0.15, 0.2) is 18.5 Å². The van der Waals surface area contributed by atoms with E-state index in [0.29, 0.717) is 17.8 Å². The van der Waals surface area contributed by atoms with E-state index in [9.17, 15) is 4.79 Å². The van der Waals surface area contributed by atoms with E-state index in [0.717, 1.165) is 0 Å². The Morgan fingerprint density at radius 3 is 2.94 bits per heavy atom. The van der Waals surface area contributed by atoms with Gasteiger partial charge in [-0.3, -0.25) is 4.79 Å². The summed E-state index contributed by atoms with van der Waals surface area (Å²) in [6, 6.07) is 1.45. The number of hydrogen-bond donors (Lipinski definition) is 1. The van der Waals surface area contributed by atoms with Crippen molar-refractivity contribution < 1.29 is 9.90 Å². The maximum Gasteiger partial charge on any atom is 0.305 e. The summed E-state index contributed by atoms with van der Waals surface area (Å²) >= 11 is 0. The predicted octanol–water partition coefficient (Wildman–Crippen LogP) is 0.556. The SMILES string of the molecule is CCC(CC(=O)O)n1nnnc1-c1ccnnc1. The lowest BCUT2D eigenvalue weighted by Crippen LogP contribution is -2.15. The number of carboxylic acids is 1. The second kappa shape index (κ2) is 5.30. The largest absolute Gasteiger partial charge is 0.481 e. The Labute approximate surface area is 103 Å². The van der Waals surface area contributed by atoms with Gasteiger partial charge in [0.15, 0.2) is 5.82 Å². The lowest BCUT2D eigenvalue weighted by atomic mass is 10.1. The average Bonchev–Trinajstić information content (AvgIpc) is 2.86. The van der Waals surface area contributed by atoms with Crippen LogP contribution in [-0.2, 0) is 4.79 Å². The highest BCUT2D eigenvalue weighted by Crippen LogP contribution is 2.21. The Hall–Kier alpha value is -2.38. The molecule has 18 heavy (non-hydrogen) atoms. The van der Waals surface area contributed by atoms with Crippen LogP contribution >= 0.6 is 0 Å². The Balaban J connectivity index is 2.35. The highest BCUT2D eigenvalue weighted by molar-refractivity contribution is 5.67. The van der Waals surface area contributed by atoms with Gasteiger partial charge in [-0.1, -0.05) is 6.92 Å². The van der Waals surface area contributed by atoms with E-state index < -0.39 is 5.97 Å². The van der Waals surface area contributed by atoms with Crippen molar-refractivity contribution in [1.29, 1.82) is 0 Å². The van der Waals surface area contributed by atoms with E-state index in [1.54, 1.807) is 6.07 Å². The molecule has 1 unspecified atom stereocenters. The second-order valence-corrected chi connectivity index (χ2v) is 3.74. The fourth-order valence-electron chi connectivity index (χ4n) is 1.66. The smallest absolute Gasteiger partial charge is 0.305 e. The maximum atomic E-state index is 10.8. The number of carbonyl (C=O) groups is 1. The molecule has 0 bridgehead atoms. The van der Waals surface area contributed by atoms with Gasteiger partial charge in [0.25, 0.3) is 0 Å². The number of nitrogens with zero attached hydrogens (tertiary/aromatic N) is 6. The summed E-state index contributed by atoms with van der Waals surface area (Å²) in [5.74, 6) is -0.380. The molecule has 0 saturated carbocycles. The molecular formula is C10H12N6O2. The van der Waals surface area contributed by atoms with E-state index in [4.69, 9.17) is 5.11 Å². The highest BCUT2D eigenvalue weighted by atomic mass is 16.4. The van der Waals surface area contributed by atoms with Gasteiger partial charge in [-0.05, 0) is 22.9 Å². The quantitative estimate of drug-likeness (QED) is 0.823. The van der Waals surface area contributed by atoms with E-state index in [-0.39, 0.29) is 12.5 Å². The number of rotatable bonds is 5. The minimum Gasteiger partial charge on any atom is -0.481 e. The van der Waals surface area contributed by atoms with Gasteiger partial charge in [0.2, 0.25) is 0 Å². The van der Waals surface area contributed by atoms with Crippen LogP contribution in [0.2, 0.25) is 0 Å². The zero-order valence-electron chi connectivity index (χ0n) is 9.76. The molecule has 0 aliphatic rings. The molecule has 2 heterocycles. The van der Waals surface area contributed by atoms with Gasteiger partial charge in [0, 0.05) is 5.56 Å². The summed E-state index contributed by atoms with van der Waals surface area (Å²) in [5.41, 5.74) is 0.707. The maximum absolute atomic E-state index is 10.8. The zero-order valence-corrected chi connectivity index (χ0v) is 9.76. The molecule has 2 aromatic rings. The number of aliphatic carboxylic acids is 1. The molecule has 0 aliphatic carbocycles. The summed E-state index contributed by atoms with van der Waals surface area (Å²) in [6.45, 7) is 1.89. The van der Waals surface area contributed by atoms with E-state index >= 15 is 0 Å². The van der Waals surface area contributed by atoms with Crippen molar-refractivity contribution in [3.05, 3.63) is 18.5 Å². The van der Waals surface area contributed by atoms with Crippen LogP contribution in [-0.4, -0.2) is 41.5 Å². The van der Waals surface area contributed by atoms with E-state index in [2.05, 4.69) is 25.7 Å². The van der Waals surface area contributed by atoms with Crippen LogP contribution in [0.4, 0.5) is 0 Å². The third-order valence-corrected chi connectivity index (χ3v) is 2.56. The predicted molar refractivity (Wildman–Crippen MR) is 60.4 cm³/mol. The van der Waals surface area contributed by atoms with Crippen molar-refractivity contribution in [1.82, 2.24) is 30.4 Å². The Bertz CT molecular complexity index is 526. The van der Waals surface area contributed by atoms with Crippen molar-refractivity contribution in [3.63, 3.8) is 0 Å². The van der Waals surface area contributed by atoms with E-state index in [1.165, 1.54) is 17.1 Å². The summed E-state index contributed by atoms with van der Waals surface area (Å²) in [5, 5.41) is 27.7. The molecule has 0 fully saturated rings. The van der Waals surface area contributed by atoms with Crippen molar-refractivity contribution in [2.75, 3.05) is 0 Å². The molecule has 0 saturated heterocycles. The molecule has 2 aromatic heterocycles. The van der Waals surface area contributed by atoms with Gasteiger partial charge in [-0.25, -0.2) is 4.68 Å². The molecule has 0 aromatic carbocycles. The number of tetrazole rings is 1. The molecule has 2 rings (SSSR count). The van der Waals surface area contributed by atoms with Crippen molar-refractivity contribution in [3.8, 4) is 11.4 Å².